The Labute approximate surface area is 105 Å². The largest absolute Gasteiger partial charge is 0.475 e. The summed E-state index contributed by atoms with van der Waals surface area (Å²) >= 11 is 0. The lowest BCUT2D eigenvalue weighted by atomic mass is 10.2. The average Bonchev–Trinajstić information content (AvgIpc) is 2.36. The summed E-state index contributed by atoms with van der Waals surface area (Å²) in [6.07, 6.45) is 8.81. The molecule has 0 bridgehead atoms. The maximum Gasteiger partial charge on any atom is 0.188 e. The van der Waals surface area contributed by atoms with E-state index in [1.165, 1.54) is 0 Å². The van der Waals surface area contributed by atoms with E-state index in [9.17, 15) is 0 Å². The highest BCUT2D eigenvalue weighted by molar-refractivity contribution is 4.72. The maximum atomic E-state index is 5.16. The summed E-state index contributed by atoms with van der Waals surface area (Å²) < 4.78 is 20.5. The van der Waals surface area contributed by atoms with Crippen LogP contribution in [-0.2, 0) is 18.9 Å². The van der Waals surface area contributed by atoms with Crippen LogP contribution in [0.15, 0.2) is 12.3 Å². The molecule has 0 radical (unpaired) electrons. The van der Waals surface area contributed by atoms with Crippen LogP contribution in [0.4, 0.5) is 0 Å². The molecule has 0 saturated heterocycles. The predicted molar refractivity (Wildman–Crippen MR) is 67.6 cm³/mol. The molecule has 0 aromatic heterocycles. The molecule has 0 amide bonds. The molecule has 17 heavy (non-hydrogen) atoms. The predicted octanol–water partition coefficient (Wildman–Crippen LogP) is 3.08. The quantitative estimate of drug-likeness (QED) is 0.301. The Morgan fingerprint density at radius 1 is 1.12 bits per heavy atom. The lowest BCUT2D eigenvalue weighted by Crippen LogP contribution is -2.12. The van der Waals surface area contributed by atoms with Gasteiger partial charge < -0.3 is 18.9 Å². The molecule has 0 spiro atoms. The molecule has 0 aliphatic rings. The lowest BCUT2D eigenvalue weighted by Gasteiger charge is -2.11. The smallest absolute Gasteiger partial charge is 0.188 e. The Bertz CT molecular complexity index is 167. The van der Waals surface area contributed by atoms with Crippen molar-refractivity contribution in [2.45, 2.75) is 45.3 Å². The zero-order valence-corrected chi connectivity index (χ0v) is 11.3. The molecule has 0 saturated carbocycles. The second-order valence-corrected chi connectivity index (χ2v) is 3.75. The molecule has 0 aliphatic heterocycles. The molecule has 0 aromatic carbocycles. The summed E-state index contributed by atoms with van der Waals surface area (Å²) in [5.41, 5.74) is 0. The van der Waals surface area contributed by atoms with Gasteiger partial charge in [0.25, 0.3) is 0 Å². The van der Waals surface area contributed by atoms with Gasteiger partial charge in [-0.2, -0.15) is 0 Å². The van der Waals surface area contributed by atoms with Crippen molar-refractivity contribution in [1.29, 1.82) is 0 Å². The first kappa shape index (κ1) is 16.4. The molecule has 0 aromatic rings. The van der Waals surface area contributed by atoms with Gasteiger partial charge in [-0.1, -0.05) is 6.92 Å². The second kappa shape index (κ2) is 13.5. The van der Waals surface area contributed by atoms with E-state index >= 15 is 0 Å². The third-order valence-corrected chi connectivity index (χ3v) is 2.28. The van der Waals surface area contributed by atoms with Crippen molar-refractivity contribution in [2.24, 2.45) is 0 Å². The molecule has 0 fully saturated rings. The third-order valence-electron chi connectivity index (χ3n) is 2.28. The van der Waals surface area contributed by atoms with E-state index in [1.54, 1.807) is 20.5 Å². The van der Waals surface area contributed by atoms with E-state index in [1.807, 2.05) is 6.08 Å². The minimum atomic E-state index is -0.0716. The zero-order valence-electron chi connectivity index (χ0n) is 11.3. The molecular weight excluding hydrogens is 220 g/mol. The highest BCUT2D eigenvalue weighted by atomic mass is 16.7. The van der Waals surface area contributed by atoms with Gasteiger partial charge in [0.15, 0.2) is 13.1 Å². The lowest BCUT2D eigenvalue weighted by molar-refractivity contribution is -0.107. The average molecular weight is 246 g/mol. The summed E-state index contributed by atoms with van der Waals surface area (Å²) in [6, 6.07) is 0. The minimum Gasteiger partial charge on any atom is -0.475 e. The summed E-state index contributed by atoms with van der Waals surface area (Å²) in [7, 11) is 3.33. The van der Waals surface area contributed by atoms with Crippen LogP contribution in [0, 0.1) is 0 Å². The number of ether oxygens (including phenoxy) is 4. The summed E-state index contributed by atoms with van der Waals surface area (Å²) in [5.74, 6) is 0. The Kier molecular flexibility index (Phi) is 13.0. The van der Waals surface area contributed by atoms with E-state index in [0.29, 0.717) is 6.79 Å². The van der Waals surface area contributed by atoms with Crippen molar-refractivity contribution in [1.82, 2.24) is 0 Å². The monoisotopic (exact) mass is 246 g/mol. The van der Waals surface area contributed by atoms with Crippen molar-refractivity contribution < 1.29 is 18.9 Å². The molecular formula is C13H26O4. The van der Waals surface area contributed by atoms with Crippen molar-refractivity contribution in [3.63, 3.8) is 0 Å². The van der Waals surface area contributed by atoms with Crippen molar-refractivity contribution in [3.05, 3.63) is 12.3 Å². The number of methoxy groups -OCH3 is 2. The van der Waals surface area contributed by atoms with E-state index in [4.69, 9.17) is 18.9 Å². The van der Waals surface area contributed by atoms with Gasteiger partial charge in [0.2, 0.25) is 0 Å². The number of rotatable bonds is 12. The zero-order chi connectivity index (χ0) is 12.8. The normalized spacial score (nSPS) is 11.5. The summed E-state index contributed by atoms with van der Waals surface area (Å²) in [5, 5.41) is 0. The molecule has 4 nitrogen and oxygen atoms in total. The Hall–Kier alpha value is -0.580. The first-order chi connectivity index (χ1) is 8.35. The Morgan fingerprint density at radius 2 is 1.88 bits per heavy atom. The fourth-order valence-corrected chi connectivity index (χ4v) is 1.33. The molecule has 0 unspecified atom stereocenters. The molecule has 0 atom stereocenters. The van der Waals surface area contributed by atoms with Gasteiger partial charge in [0, 0.05) is 14.2 Å². The van der Waals surface area contributed by atoms with E-state index in [-0.39, 0.29) is 6.29 Å². The van der Waals surface area contributed by atoms with Gasteiger partial charge in [-0.3, -0.25) is 0 Å². The Morgan fingerprint density at radius 3 is 2.53 bits per heavy atom. The SMILES string of the molecule is CCCOCOC=CCCCCC(OC)OC. The van der Waals surface area contributed by atoms with Gasteiger partial charge in [-0.15, -0.1) is 0 Å². The highest BCUT2D eigenvalue weighted by Crippen LogP contribution is 2.07. The number of allylic oxidation sites excluding steroid dienone is 1. The van der Waals surface area contributed by atoms with Crippen molar-refractivity contribution in [2.75, 3.05) is 27.6 Å². The van der Waals surface area contributed by atoms with Crippen LogP contribution in [0.5, 0.6) is 0 Å². The van der Waals surface area contributed by atoms with Crippen LogP contribution in [0.3, 0.4) is 0 Å². The highest BCUT2D eigenvalue weighted by Gasteiger charge is 2.02. The first-order valence-electron chi connectivity index (χ1n) is 6.25. The Balaban J connectivity index is 3.18. The van der Waals surface area contributed by atoms with Gasteiger partial charge in [-0.05, 0) is 38.2 Å². The third kappa shape index (κ3) is 11.7. The van der Waals surface area contributed by atoms with Gasteiger partial charge in [0.05, 0.1) is 12.9 Å². The van der Waals surface area contributed by atoms with E-state index < -0.39 is 0 Å². The molecule has 0 heterocycles. The van der Waals surface area contributed by atoms with E-state index in [0.717, 1.165) is 38.7 Å². The standard InChI is InChI=1S/C13H26O4/c1-4-10-16-12-17-11-8-6-5-7-9-13(14-2)15-3/h8,11,13H,4-7,9-10,12H2,1-3H3. The molecule has 102 valence electrons. The second-order valence-electron chi connectivity index (χ2n) is 3.75. The van der Waals surface area contributed by atoms with Gasteiger partial charge in [0.1, 0.15) is 0 Å². The van der Waals surface area contributed by atoms with Crippen LogP contribution >= 0.6 is 0 Å². The van der Waals surface area contributed by atoms with Crippen LogP contribution in [0.2, 0.25) is 0 Å². The molecule has 0 N–H and O–H groups in total. The van der Waals surface area contributed by atoms with Crippen molar-refractivity contribution >= 4 is 0 Å². The topological polar surface area (TPSA) is 36.9 Å². The van der Waals surface area contributed by atoms with Crippen LogP contribution in [0.1, 0.15) is 39.0 Å². The van der Waals surface area contributed by atoms with Gasteiger partial charge in [-0.25, -0.2) is 0 Å². The van der Waals surface area contributed by atoms with Crippen molar-refractivity contribution in [3.8, 4) is 0 Å². The number of hydrogen-bond acceptors (Lipinski definition) is 4. The molecule has 0 rings (SSSR count). The van der Waals surface area contributed by atoms with Gasteiger partial charge >= 0.3 is 0 Å². The fourth-order valence-electron chi connectivity index (χ4n) is 1.33. The van der Waals surface area contributed by atoms with Crippen LogP contribution < -0.4 is 0 Å². The first-order valence-corrected chi connectivity index (χ1v) is 6.25. The molecule has 0 aliphatic carbocycles. The van der Waals surface area contributed by atoms with Crippen LogP contribution in [-0.4, -0.2) is 33.9 Å². The number of unbranched alkanes of at least 4 members (excludes halogenated alkanes) is 2. The maximum absolute atomic E-state index is 5.16. The minimum absolute atomic E-state index is 0.0716. The van der Waals surface area contributed by atoms with Crippen LogP contribution in [0.25, 0.3) is 0 Å². The molecule has 4 heteroatoms. The summed E-state index contributed by atoms with van der Waals surface area (Å²) in [4.78, 5) is 0. The fraction of sp³-hybridized carbons (Fsp3) is 0.846. The summed E-state index contributed by atoms with van der Waals surface area (Å²) in [6.45, 7) is 3.17. The number of hydrogen-bond donors (Lipinski definition) is 0. The van der Waals surface area contributed by atoms with E-state index in [2.05, 4.69) is 6.92 Å².